The van der Waals surface area contributed by atoms with Gasteiger partial charge in [-0.25, -0.2) is 0 Å². The molecule has 0 radical (unpaired) electrons. The first-order chi connectivity index (χ1) is 9.09. The molecule has 3 rings (SSSR count). The number of benzene rings is 2. The molecular weight excluding hydrogens is 296 g/mol. The third kappa shape index (κ3) is 1.97. The predicted octanol–water partition coefficient (Wildman–Crippen LogP) is 5.61. The van der Waals surface area contributed by atoms with Crippen molar-refractivity contribution in [2.75, 3.05) is 0 Å². The topological polar surface area (TPSA) is 0 Å². The number of hydrogen-bond donors (Lipinski definition) is 0. The highest BCUT2D eigenvalue weighted by molar-refractivity contribution is 9.10. The zero-order chi connectivity index (χ0) is 13.6. The summed E-state index contributed by atoms with van der Waals surface area (Å²) < 4.78 is 1.21. The Kier molecular flexibility index (Phi) is 3.10. The Morgan fingerprint density at radius 3 is 2.63 bits per heavy atom. The third-order valence-corrected chi connectivity index (χ3v) is 4.76. The zero-order valence-corrected chi connectivity index (χ0v) is 13.1. The van der Waals surface area contributed by atoms with Crippen LogP contribution in [0, 0.1) is 20.8 Å². The molecule has 19 heavy (non-hydrogen) atoms. The highest BCUT2D eigenvalue weighted by Crippen LogP contribution is 2.39. The van der Waals surface area contributed by atoms with Crippen LogP contribution < -0.4 is 0 Å². The van der Waals surface area contributed by atoms with Crippen LogP contribution in [0.3, 0.4) is 0 Å². The first-order valence-electron chi connectivity index (χ1n) is 6.64. The minimum atomic E-state index is 1.04. The van der Waals surface area contributed by atoms with Gasteiger partial charge in [0.25, 0.3) is 0 Å². The lowest BCUT2D eigenvalue weighted by atomic mass is 9.88. The van der Waals surface area contributed by atoms with E-state index in [0.717, 1.165) is 6.42 Å². The van der Waals surface area contributed by atoms with Crippen molar-refractivity contribution >= 4 is 22.0 Å². The Morgan fingerprint density at radius 1 is 1.05 bits per heavy atom. The number of halogens is 1. The molecule has 0 fully saturated rings. The maximum Gasteiger partial charge on any atom is 0.0253 e. The molecule has 0 bridgehead atoms. The van der Waals surface area contributed by atoms with Crippen LogP contribution in [0.1, 0.15) is 27.8 Å². The molecular formula is C18H17Br. The quantitative estimate of drug-likeness (QED) is 0.642. The Hall–Kier alpha value is -1.34. The van der Waals surface area contributed by atoms with Gasteiger partial charge in [0.05, 0.1) is 0 Å². The molecule has 0 aromatic heterocycles. The van der Waals surface area contributed by atoms with Gasteiger partial charge in [-0.05, 0) is 72.2 Å². The minimum Gasteiger partial charge on any atom is -0.0794 e. The third-order valence-electron chi connectivity index (χ3n) is 4.10. The van der Waals surface area contributed by atoms with Crippen molar-refractivity contribution in [3.63, 3.8) is 0 Å². The number of fused-ring (bicyclic) bond motifs is 1. The van der Waals surface area contributed by atoms with Crippen LogP contribution in [0.4, 0.5) is 0 Å². The van der Waals surface area contributed by atoms with E-state index in [0.29, 0.717) is 0 Å². The monoisotopic (exact) mass is 312 g/mol. The van der Waals surface area contributed by atoms with E-state index >= 15 is 0 Å². The second-order valence-electron chi connectivity index (χ2n) is 5.30. The highest BCUT2D eigenvalue weighted by atomic mass is 79.9. The molecule has 0 N–H and O–H groups in total. The Morgan fingerprint density at radius 2 is 1.84 bits per heavy atom. The molecule has 1 heteroatoms. The van der Waals surface area contributed by atoms with Gasteiger partial charge >= 0.3 is 0 Å². The maximum absolute atomic E-state index is 3.69. The molecule has 0 heterocycles. The number of rotatable bonds is 1. The van der Waals surface area contributed by atoms with E-state index in [1.165, 1.54) is 43.4 Å². The summed E-state index contributed by atoms with van der Waals surface area (Å²) in [6.07, 6.45) is 5.52. The van der Waals surface area contributed by atoms with Crippen molar-refractivity contribution in [1.82, 2.24) is 0 Å². The lowest BCUT2D eigenvalue weighted by Gasteiger charge is -2.17. The summed E-state index contributed by atoms with van der Waals surface area (Å²) in [4.78, 5) is 0. The number of aryl methyl sites for hydroxylation is 2. The van der Waals surface area contributed by atoms with Gasteiger partial charge < -0.3 is 0 Å². The van der Waals surface area contributed by atoms with E-state index in [4.69, 9.17) is 0 Å². The van der Waals surface area contributed by atoms with Crippen LogP contribution in [0.5, 0.6) is 0 Å². The second-order valence-corrected chi connectivity index (χ2v) is 6.15. The van der Waals surface area contributed by atoms with Crippen LogP contribution in [0.2, 0.25) is 0 Å². The molecule has 0 amide bonds. The van der Waals surface area contributed by atoms with Crippen molar-refractivity contribution in [2.45, 2.75) is 27.2 Å². The van der Waals surface area contributed by atoms with Crippen LogP contribution in [-0.2, 0) is 6.42 Å². The van der Waals surface area contributed by atoms with Gasteiger partial charge in [-0.3, -0.25) is 0 Å². The molecule has 0 saturated heterocycles. The smallest absolute Gasteiger partial charge is 0.0253 e. The molecule has 1 aliphatic rings. The average molecular weight is 313 g/mol. The summed E-state index contributed by atoms with van der Waals surface area (Å²) in [6, 6.07) is 8.84. The molecule has 0 atom stereocenters. The maximum atomic E-state index is 3.69. The molecule has 0 nitrogen and oxygen atoms in total. The molecule has 2 aromatic rings. The summed E-state index contributed by atoms with van der Waals surface area (Å²) in [5.41, 5.74) is 9.71. The van der Waals surface area contributed by atoms with E-state index in [1.807, 2.05) is 0 Å². The number of allylic oxidation sites excluding steroid dienone is 1. The molecule has 1 aliphatic carbocycles. The van der Waals surface area contributed by atoms with Gasteiger partial charge in [0.1, 0.15) is 0 Å². The fourth-order valence-corrected chi connectivity index (χ4v) is 3.66. The summed E-state index contributed by atoms with van der Waals surface area (Å²) in [6.45, 7) is 6.62. The summed E-state index contributed by atoms with van der Waals surface area (Å²) in [7, 11) is 0. The molecule has 0 spiro atoms. The van der Waals surface area contributed by atoms with Crippen molar-refractivity contribution in [3.8, 4) is 11.1 Å². The lowest BCUT2D eigenvalue weighted by Crippen LogP contribution is -1.97. The van der Waals surface area contributed by atoms with Crippen molar-refractivity contribution < 1.29 is 0 Å². The molecule has 2 aromatic carbocycles. The Balaban J connectivity index is 2.33. The SMILES string of the molecule is Cc1cccc(-c2c(C)cc(Br)c3c2CC=C3)c1C. The fourth-order valence-electron chi connectivity index (χ4n) is 2.94. The summed E-state index contributed by atoms with van der Waals surface area (Å²) >= 11 is 3.69. The Bertz CT molecular complexity index is 693. The molecule has 0 unspecified atom stereocenters. The highest BCUT2D eigenvalue weighted by Gasteiger charge is 2.18. The molecule has 0 saturated carbocycles. The second kappa shape index (κ2) is 4.64. The van der Waals surface area contributed by atoms with Gasteiger partial charge in [0, 0.05) is 4.47 Å². The normalized spacial score (nSPS) is 12.8. The van der Waals surface area contributed by atoms with Crippen LogP contribution >= 0.6 is 15.9 Å². The van der Waals surface area contributed by atoms with Gasteiger partial charge in [-0.2, -0.15) is 0 Å². The van der Waals surface area contributed by atoms with Crippen LogP contribution in [-0.4, -0.2) is 0 Å². The van der Waals surface area contributed by atoms with Gasteiger partial charge in [0.15, 0.2) is 0 Å². The molecule has 96 valence electrons. The standard InChI is InChI=1S/C18H17Br/c1-11-6-4-7-14(13(11)3)18-12(2)10-17(19)15-8-5-9-16(15)18/h4-8,10H,9H2,1-3H3. The van der Waals surface area contributed by atoms with Crippen LogP contribution in [0.25, 0.3) is 17.2 Å². The number of hydrogen-bond acceptors (Lipinski definition) is 0. The zero-order valence-electron chi connectivity index (χ0n) is 11.5. The van der Waals surface area contributed by atoms with Gasteiger partial charge in [-0.15, -0.1) is 0 Å². The van der Waals surface area contributed by atoms with Crippen molar-refractivity contribution in [3.05, 3.63) is 62.6 Å². The van der Waals surface area contributed by atoms with E-state index in [2.05, 4.69) is 73.1 Å². The summed E-state index contributed by atoms with van der Waals surface area (Å²) in [5, 5.41) is 0. The Labute approximate surface area is 123 Å². The average Bonchev–Trinajstić information content (AvgIpc) is 2.84. The first-order valence-corrected chi connectivity index (χ1v) is 7.44. The largest absolute Gasteiger partial charge is 0.0794 e. The van der Waals surface area contributed by atoms with Gasteiger partial charge in [0.2, 0.25) is 0 Å². The van der Waals surface area contributed by atoms with Crippen molar-refractivity contribution in [1.29, 1.82) is 0 Å². The predicted molar refractivity (Wildman–Crippen MR) is 86.5 cm³/mol. The minimum absolute atomic E-state index is 1.04. The van der Waals surface area contributed by atoms with E-state index in [9.17, 15) is 0 Å². The summed E-state index contributed by atoms with van der Waals surface area (Å²) in [5.74, 6) is 0. The first kappa shape index (κ1) is 12.7. The van der Waals surface area contributed by atoms with Gasteiger partial charge in [-0.1, -0.05) is 46.3 Å². The fraction of sp³-hybridized carbons (Fsp3) is 0.222. The van der Waals surface area contributed by atoms with E-state index in [-0.39, 0.29) is 0 Å². The van der Waals surface area contributed by atoms with E-state index < -0.39 is 0 Å². The lowest BCUT2D eigenvalue weighted by molar-refractivity contribution is 1.25. The van der Waals surface area contributed by atoms with Crippen molar-refractivity contribution in [2.24, 2.45) is 0 Å². The van der Waals surface area contributed by atoms with E-state index in [1.54, 1.807) is 0 Å². The molecule has 0 aliphatic heterocycles. The van der Waals surface area contributed by atoms with Crippen LogP contribution in [0.15, 0.2) is 34.8 Å².